The zero-order valence-corrected chi connectivity index (χ0v) is 11.8. The molecule has 0 aromatic rings. The third kappa shape index (κ3) is 0.874. The van der Waals surface area contributed by atoms with Crippen molar-refractivity contribution in [2.24, 2.45) is 17.3 Å². The minimum atomic E-state index is -1.35. The molecule has 8 atom stereocenters. The van der Waals surface area contributed by atoms with Crippen molar-refractivity contribution in [3.8, 4) is 0 Å². The first kappa shape index (κ1) is 12.2. The third-order valence-electron chi connectivity index (χ3n) is 6.60. The average molecular weight is 292 g/mol. The Bertz CT molecular complexity index is 642. The van der Waals surface area contributed by atoms with Crippen molar-refractivity contribution in [3.63, 3.8) is 0 Å². The summed E-state index contributed by atoms with van der Waals surface area (Å²) < 4.78 is 16.6. The van der Waals surface area contributed by atoms with Gasteiger partial charge in [-0.3, -0.25) is 4.79 Å². The number of aliphatic hydroxyl groups is 1. The zero-order valence-electron chi connectivity index (χ0n) is 11.8. The molecule has 0 aromatic heterocycles. The smallest absolute Gasteiger partial charge is 0.342 e. The first-order valence-corrected chi connectivity index (χ1v) is 7.26. The van der Waals surface area contributed by atoms with Crippen LogP contribution in [0.5, 0.6) is 0 Å². The molecule has 5 fully saturated rings. The predicted octanol–water partition coefficient (Wildman–Crippen LogP) is -0.0620. The van der Waals surface area contributed by atoms with E-state index in [1.54, 1.807) is 6.92 Å². The molecule has 21 heavy (non-hydrogen) atoms. The Morgan fingerprint density at radius 1 is 1.38 bits per heavy atom. The second-order valence-corrected chi connectivity index (χ2v) is 7.25. The molecule has 1 spiro atoms. The molecule has 3 heterocycles. The molecule has 0 amide bonds. The highest BCUT2D eigenvalue weighted by atomic mass is 16.7. The zero-order chi connectivity index (χ0) is 14.9. The van der Waals surface area contributed by atoms with Crippen molar-refractivity contribution >= 4 is 11.9 Å². The molecule has 6 nitrogen and oxygen atoms in total. The summed E-state index contributed by atoms with van der Waals surface area (Å²) in [5.74, 6) is -1.86. The summed E-state index contributed by atoms with van der Waals surface area (Å²) >= 11 is 0. The van der Waals surface area contributed by atoms with Crippen LogP contribution >= 0.6 is 0 Å². The minimum Gasteiger partial charge on any atom is -0.457 e. The Hall–Kier alpha value is -1.40. The van der Waals surface area contributed by atoms with Gasteiger partial charge in [-0.25, -0.2) is 4.79 Å². The number of hydrogen-bond acceptors (Lipinski definition) is 6. The molecule has 3 aliphatic heterocycles. The van der Waals surface area contributed by atoms with Crippen molar-refractivity contribution in [2.75, 3.05) is 0 Å². The highest BCUT2D eigenvalue weighted by molar-refractivity contribution is 5.91. The van der Waals surface area contributed by atoms with Gasteiger partial charge in [0.15, 0.2) is 6.10 Å². The number of rotatable bonds is 1. The van der Waals surface area contributed by atoms with E-state index in [1.807, 2.05) is 6.92 Å². The summed E-state index contributed by atoms with van der Waals surface area (Å²) in [6.07, 6.45) is -1.34. The standard InChI is InChI=1S/C15H16O6/c1-5(2)7-8-11(16)19-9(7)10-13(3)14(8,18)4-6-15(13,21-6)12(17)20-10/h6-10,18H,1,4H2,2-3H3/t6-,7+,8+,9+,10-,13+,14+,15+/m1/s1. The van der Waals surface area contributed by atoms with E-state index in [-0.39, 0.29) is 18.4 Å². The molecule has 0 unspecified atom stereocenters. The van der Waals surface area contributed by atoms with Gasteiger partial charge in [0.05, 0.1) is 16.9 Å². The van der Waals surface area contributed by atoms with E-state index in [1.165, 1.54) is 0 Å². The van der Waals surface area contributed by atoms with Gasteiger partial charge in [0.25, 0.3) is 0 Å². The Morgan fingerprint density at radius 3 is 2.76 bits per heavy atom. The quantitative estimate of drug-likeness (QED) is 0.414. The average Bonchev–Trinajstić information content (AvgIpc) is 2.86. The lowest BCUT2D eigenvalue weighted by Crippen LogP contribution is -2.66. The molecule has 2 aliphatic carbocycles. The van der Waals surface area contributed by atoms with Crippen molar-refractivity contribution in [1.29, 1.82) is 0 Å². The fourth-order valence-corrected chi connectivity index (χ4v) is 5.59. The molecular formula is C15H16O6. The van der Waals surface area contributed by atoms with Gasteiger partial charge in [0.1, 0.15) is 12.2 Å². The fourth-order valence-electron chi connectivity index (χ4n) is 5.59. The van der Waals surface area contributed by atoms with Gasteiger partial charge in [-0.05, 0) is 13.8 Å². The molecule has 1 N–H and O–H groups in total. The Labute approximate surface area is 121 Å². The lowest BCUT2D eigenvalue weighted by atomic mass is 9.53. The van der Waals surface area contributed by atoms with E-state index in [0.29, 0.717) is 0 Å². The monoisotopic (exact) mass is 292 g/mol. The van der Waals surface area contributed by atoms with E-state index < -0.39 is 46.7 Å². The highest BCUT2D eigenvalue weighted by Gasteiger charge is 2.95. The molecule has 2 bridgehead atoms. The van der Waals surface area contributed by atoms with Crippen LogP contribution in [0, 0.1) is 17.3 Å². The summed E-state index contributed by atoms with van der Waals surface area (Å²) in [6.45, 7) is 7.55. The van der Waals surface area contributed by atoms with E-state index in [9.17, 15) is 14.7 Å². The van der Waals surface area contributed by atoms with Gasteiger partial charge in [-0.2, -0.15) is 0 Å². The number of fused-ring (bicyclic) bond motifs is 4. The van der Waals surface area contributed by atoms with Crippen LogP contribution in [0.15, 0.2) is 12.2 Å². The van der Waals surface area contributed by atoms with Gasteiger partial charge < -0.3 is 19.3 Å². The van der Waals surface area contributed by atoms with E-state index in [2.05, 4.69) is 6.58 Å². The van der Waals surface area contributed by atoms with Crippen LogP contribution in [-0.2, 0) is 23.8 Å². The fraction of sp³-hybridized carbons (Fsp3) is 0.733. The first-order valence-electron chi connectivity index (χ1n) is 7.26. The lowest BCUT2D eigenvalue weighted by Gasteiger charge is -2.51. The normalized spacial score (nSPS) is 62.0. The minimum absolute atomic E-state index is 0.269. The second-order valence-electron chi connectivity index (χ2n) is 7.25. The molecule has 3 saturated heterocycles. The van der Waals surface area contributed by atoms with Gasteiger partial charge in [0.2, 0.25) is 5.60 Å². The Kier molecular flexibility index (Phi) is 1.68. The number of carbonyl (C=O) groups excluding carboxylic acids is 2. The Morgan fingerprint density at radius 2 is 2.10 bits per heavy atom. The van der Waals surface area contributed by atoms with Crippen LogP contribution in [0.25, 0.3) is 0 Å². The van der Waals surface area contributed by atoms with Crippen LogP contribution in [-0.4, -0.2) is 46.6 Å². The van der Waals surface area contributed by atoms with E-state index >= 15 is 0 Å². The molecule has 6 heteroatoms. The van der Waals surface area contributed by atoms with Crippen LogP contribution in [0.4, 0.5) is 0 Å². The summed E-state index contributed by atoms with van der Waals surface area (Å²) in [4.78, 5) is 24.7. The SMILES string of the molecule is C=C(C)[C@@H]1[C@@H]2OC(=O)[C@H]1[C@@]1(O)C[C@H]3O[C@]34C(=O)O[C@H]2[C@]41C. The lowest BCUT2D eigenvalue weighted by molar-refractivity contribution is -0.195. The molecule has 2 saturated carbocycles. The van der Waals surface area contributed by atoms with Crippen LogP contribution in [0.3, 0.4) is 0 Å². The molecule has 112 valence electrons. The van der Waals surface area contributed by atoms with Crippen molar-refractivity contribution in [3.05, 3.63) is 12.2 Å². The summed E-state index contributed by atoms with van der Waals surface area (Å²) in [7, 11) is 0. The van der Waals surface area contributed by atoms with Gasteiger partial charge in [-0.15, -0.1) is 0 Å². The molecular weight excluding hydrogens is 276 g/mol. The van der Waals surface area contributed by atoms with Gasteiger partial charge in [-0.1, -0.05) is 12.2 Å². The summed E-state index contributed by atoms with van der Waals surface area (Å²) in [5, 5.41) is 11.4. The number of hydrogen-bond donors (Lipinski definition) is 1. The molecule has 0 aromatic carbocycles. The van der Waals surface area contributed by atoms with Crippen LogP contribution in [0.2, 0.25) is 0 Å². The maximum Gasteiger partial charge on any atom is 0.342 e. The van der Waals surface area contributed by atoms with Gasteiger partial charge in [0, 0.05) is 12.3 Å². The summed E-state index contributed by atoms with van der Waals surface area (Å²) in [5.41, 5.74) is -2.60. The number of epoxide rings is 1. The second kappa shape index (κ2) is 2.90. The topological polar surface area (TPSA) is 85.4 Å². The Balaban J connectivity index is 1.78. The third-order valence-corrected chi connectivity index (χ3v) is 6.60. The maximum atomic E-state index is 12.3. The van der Waals surface area contributed by atoms with E-state index in [0.717, 1.165) is 5.57 Å². The number of ether oxygens (including phenoxy) is 3. The van der Waals surface area contributed by atoms with Crippen LogP contribution in [0.1, 0.15) is 20.3 Å². The van der Waals surface area contributed by atoms with E-state index in [4.69, 9.17) is 14.2 Å². The van der Waals surface area contributed by atoms with Crippen molar-refractivity contribution < 1.29 is 28.9 Å². The van der Waals surface area contributed by atoms with Crippen LogP contribution < -0.4 is 0 Å². The molecule has 5 aliphatic rings. The first-order chi connectivity index (χ1) is 9.79. The van der Waals surface area contributed by atoms with Crippen molar-refractivity contribution in [2.45, 2.75) is 49.8 Å². The summed E-state index contributed by atoms with van der Waals surface area (Å²) in [6, 6.07) is 0. The predicted molar refractivity (Wildman–Crippen MR) is 66.8 cm³/mol. The number of esters is 2. The molecule has 0 radical (unpaired) electrons. The molecule has 5 rings (SSSR count). The highest BCUT2D eigenvalue weighted by Crippen LogP contribution is 2.76. The largest absolute Gasteiger partial charge is 0.457 e. The van der Waals surface area contributed by atoms with Crippen molar-refractivity contribution in [1.82, 2.24) is 0 Å². The number of carbonyl (C=O) groups is 2. The van der Waals surface area contributed by atoms with Gasteiger partial charge >= 0.3 is 11.9 Å². The maximum absolute atomic E-state index is 12.3.